The molecule has 25 heavy (non-hydrogen) atoms. The molecule has 1 aromatic carbocycles. The number of hydrogen-bond donors (Lipinski definition) is 1. The molecule has 1 aliphatic heterocycles. The van der Waals surface area contributed by atoms with Crippen LogP contribution < -0.4 is 5.32 Å². The quantitative estimate of drug-likeness (QED) is 0.874. The van der Waals surface area contributed by atoms with Crippen LogP contribution in [0.4, 0.5) is 0 Å². The van der Waals surface area contributed by atoms with Gasteiger partial charge >= 0.3 is 0 Å². The summed E-state index contributed by atoms with van der Waals surface area (Å²) in [4.78, 5) is 2.57. The average molecular weight is 342 g/mol. The summed E-state index contributed by atoms with van der Waals surface area (Å²) in [7, 11) is 0. The molecule has 3 rings (SSSR count). The minimum atomic E-state index is 0.286. The molecule has 1 saturated heterocycles. The first-order chi connectivity index (χ1) is 12.0. The Morgan fingerprint density at radius 3 is 2.44 bits per heavy atom. The largest absolute Gasteiger partial charge is 0.306 e. The lowest BCUT2D eigenvalue weighted by atomic mass is 9.85. The van der Waals surface area contributed by atoms with Crippen molar-refractivity contribution in [2.75, 3.05) is 13.1 Å². The maximum atomic E-state index is 4.17. The summed E-state index contributed by atoms with van der Waals surface area (Å²) in [6, 6.07) is 11.5. The van der Waals surface area contributed by atoms with Gasteiger partial charge in [0.25, 0.3) is 0 Å². The Balaban J connectivity index is 1.56. The van der Waals surface area contributed by atoms with Gasteiger partial charge in [0.2, 0.25) is 0 Å². The summed E-state index contributed by atoms with van der Waals surface area (Å²) < 4.78 is 1.90. The molecule has 0 saturated carbocycles. The van der Waals surface area contributed by atoms with Crippen molar-refractivity contribution in [2.24, 2.45) is 11.8 Å². The zero-order valence-electron chi connectivity index (χ0n) is 15.8. The summed E-state index contributed by atoms with van der Waals surface area (Å²) >= 11 is 0. The van der Waals surface area contributed by atoms with Crippen molar-refractivity contribution in [3.8, 4) is 0 Å². The molecule has 1 unspecified atom stereocenters. The minimum Gasteiger partial charge on any atom is -0.306 e. The van der Waals surface area contributed by atoms with Crippen LogP contribution in [0, 0.1) is 11.8 Å². The second kappa shape index (κ2) is 8.06. The van der Waals surface area contributed by atoms with Crippen LogP contribution in [-0.2, 0) is 13.1 Å². The van der Waals surface area contributed by atoms with Crippen LogP contribution in [-0.4, -0.2) is 44.2 Å². The first-order valence-electron chi connectivity index (χ1n) is 9.31. The van der Waals surface area contributed by atoms with E-state index < -0.39 is 0 Å². The second-order valence-electron chi connectivity index (χ2n) is 7.67. The zero-order valence-corrected chi connectivity index (χ0v) is 15.8. The number of benzene rings is 1. The molecule has 1 fully saturated rings. The van der Waals surface area contributed by atoms with E-state index in [1.54, 1.807) is 0 Å². The van der Waals surface area contributed by atoms with Crippen LogP contribution in [0.25, 0.3) is 0 Å². The van der Waals surface area contributed by atoms with Gasteiger partial charge in [0.05, 0.1) is 12.6 Å². The molecule has 136 valence electrons. The lowest BCUT2D eigenvalue weighted by Gasteiger charge is -2.42. The number of nitrogens with one attached hydrogen (secondary N) is 1. The van der Waals surface area contributed by atoms with E-state index in [4.69, 9.17) is 0 Å². The molecular formula is C19H30N6. The zero-order chi connectivity index (χ0) is 17.8. The maximum absolute atomic E-state index is 4.17. The van der Waals surface area contributed by atoms with Crippen molar-refractivity contribution in [2.45, 2.75) is 52.9 Å². The van der Waals surface area contributed by atoms with Crippen LogP contribution in [0.1, 0.15) is 45.1 Å². The number of hydrogen-bond acceptors (Lipinski definition) is 5. The highest BCUT2D eigenvalue weighted by atomic mass is 15.5. The van der Waals surface area contributed by atoms with E-state index in [0.717, 1.165) is 32.0 Å². The van der Waals surface area contributed by atoms with Gasteiger partial charge in [-0.15, -0.1) is 5.10 Å². The molecule has 0 bridgehead atoms. The molecular weight excluding hydrogens is 312 g/mol. The van der Waals surface area contributed by atoms with Gasteiger partial charge in [-0.2, -0.15) is 0 Å². The van der Waals surface area contributed by atoms with E-state index in [0.29, 0.717) is 17.9 Å². The lowest BCUT2D eigenvalue weighted by molar-refractivity contribution is 0.0933. The Morgan fingerprint density at radius 2 is 1.80 bits per heavy atom. The van der Waals surface area contributed by atoms with E-state index in [-0.39, 0.29) is 6.04 Å². The summed E-state index contributed by atoms with van der Waals surface area (Å²) in [6.07, 6.45) is 0. The van der Waals surface area contributed by atoms with Crippen LogP contribution in [0.3, 0.4) is 0 Å². The van der Waals surface area contributed by atoms with E-state index in [1.807, 2.05) is 4.68 Å². The van der Waals surface area contributed by atoms with E-state index in [9.17, 15) is 0 Å². The highest BCUT2D eigenvalue weighted by molar-refractivity contribution is 5.14. The van der Waals surface area contributed by atoms with E-state index >= 15 is 0 Å². The molecule has 1 aromatic heterocycles. The SMILES string of the molecule is CC(C)n1nnnc1CNC1[C@H](C)CN(Cc2ccccc2)C[C@@H]1C. The van der Waals surface area contributed by atoms with Crippen molar-refractivity contribution < 1.29 is 0 Å². The topological polar surface area (TPSA) is 58.9 Å². The van der Waals surface area contributed by atoms with Crippen molar-refractivity contribution in [3.63, 3.8) is 0 Å². The predicted molar refractivity (Wildman–Crippen MR) is 98.9 cm³/mol. The highest BCUT2D eigenvalue weighted by Gasteiger charge is 2.31. The monoisotopic (exact) mass is 342 g/mol. The van der Waals surface area contributed by atoms with Crippen LogP contribution in [0.15, 0.2) is 30.3 Å². The summed E-state index contributed by atoms with van der Waals surface area (Å²) in [5.41, 5.74) is 1.39. The van der Waals surface area contributed by atoms with Gasteiger partial charge in [0, 0.05) is 25.7 Å². The Hall–Kier alpha value is -1.79. The highest BCUT2D eigenvalue weighted by Crippen LogP contribution is 2.24. The fourth-order valence-electron chi connectivity index (χ4n) is 3.99. The van der Waals surface area contributed by atoms with Gasteiger partial charge in [-0.3, -0.25) is 4.90 Å². The van der Waals surface area contributed by atoms with Gasteiger partial charge in [-0.1, -0.05) is 44.2 Å². The van der Waals surface area contributed by atoms with E-state index in [2.05, 4.69) is 83.8 Å². The number of piperidine rings is 1. The number of rotatable bonds is 6. The first kappa shape index (κ1) is 18.0. The molecule has 3 atom stereocenters. The Labute approximate surface area is 150 Å². The third-order valence-electron chi connectivity index (χ3n) is 5.11. The lowest BCUT2D eigenvalue weighted by Crippen LogP contribution is -2.53. The van der Waals surface area contributed by atoms with Crippen LogP contribution >= 0.6 is 0 Å². The van der Waals surface area contributed by atoms with Crippen molar-refractivity contribution in [1.29, 1.82) is 0 Å². The Bertz CT molecular complexity index is 641. The third-order valence-corrected chi connectivity index (χ3v) is 5.11. The summed E-state index contributed by atoms with van der Waals surface area (Å²) in [5.74, 6) is 2.10. The molecule has 2 heterocycles. The fourth-order valence-corrected chi connectivity index (χ4v) is 3.99. The molecule has 2 aromatic rings. The maximum Gasteiger partial charge on any atom is 0.165 e. The molecule has 6 heteroatoms. The standard InChI is InChI=1S/C19H30N6/c1-14(2)25-18(21-22-23-25)10-20-19-15(3)11-24(12-16(19)4)13-17-8-6-5-7-9-17/h5-9,14-16,19-20H,10-13H2,1-4H3/t15-,16+,19?. The average Bonchev–Trinajstić information content (AvgIpc) is 3.04. The summed E-state index contributed by atoms with van der Waals surface area (Å²) in [6.45, 7) is 12.9. The first-order valence-corrected chi connectivity index (χ1v) is 9.31. The molecule has 1 aliphatic rings. The van der Waals surface area contributed by atoms with Gasteiger partial charge in [-0.05, 0) is 41.7 Å². The fraction of sp³-hybridized carbons (Fsp3) is 0.632. The van der Waals surface area contributed by atoms with Crippen LogP contribution in [0.2, 0.25) is 0 Å². The summed E-state index contributed by atoms with van der Waals surface area (Å²) in [5, 5.41) is 15.8. The van der Waals surface area contributed by atoms with Crippen LogP contribution in [0.5, 0.6) is 0 Å². The number of aromatic nitrogens is 4. The smallest absolute Gasteiger partial charge is 0.165 e. The predicted octanol–water partition coefficient (Wildman–Crippen LogP) is 2.50. The van der Waals surface area contributed by atoms with Crippen molar-refractivity contribution in [1.82, 2.24) is 30.4 Å². The second-order valence-corrected chi connectivity index (χ2v) is 7.67. The number of tetrazole rings is 1. The number of nitrogens with zero attached hydrogens (tertiary/aromatic N) is 5. The molecule has 0 aliphatic carbocycles. The molecule has 6 nitrogen and oxygen atoms in total. The third kappa shape index (κ3) is 4.44. The van der Waals surface area contributed by atoms with Crippen molar-refractivity contribution >= 4 is 0 Å². The molecule has 0 spiro atoms. The van der Waals surface area contributed by atoms with Gasteiger partial charge in [0.1, 0.15) is 0 Å². The molecule has 0 radical (unpaired) electrons. The van der Waals surface area contributed by atoms with E-state index in [1.165, 1.54) is 5.56 Å². The van der Waals surface area contributed by atoms with Gasteiger partial charge < -0.3 is 5.32 Å². The van der Waals surface area contributed by atoms with Crippen molar-refractivity contribution in [3.05, 3.63) is 41.7 Å². The number of likely N-dealkylation sites (tertiary alicyclic amines) is 1. The van der Waals surface area contributed by atoms with Gasteiger partial charge in [-0.25, -0.2) is 4.68 Å². The molecule has 0 amide bonds. The minimum absolute atomic E-state index is 0.286. The Kier molecular flexibility index (Phi) is 5.81. The van der Waals surface area contributed by atoms with Gasteiger partial charge in [0.15, 0.2) is 5.82 Å². The Morgan fingerprint density at radius 1 is 1.12 bits per heavy atom. The molecule has 1 N–H and O–H groups in total. The normalized spacial score (nSPS) is 24.8.